The first-order chi connectivity index (χ1) is 11.8. The Morgan fingerprint density at radius 1 is 1.24 bits per heavy atom. The van der Waals surface area contributed by atoms with Gasteiger partial charge in [0, 0.05) is 67.6 Å². The van der Waals surface area contributed by atoms with Gasteiger partial charge in [-0.1, -0.05) is 13.8 Å². The van der Waals surface area contributed by atoms with E-state index in [0.29, 0.717) is 23.5 Å². The molecule has 25 heavy (non-hydrogen) atoms. The fourth-order valence-electron chi connectivity index (χ4n) is 5.65. The van der Waals surface area contributed by atoms with E-state index in [4.69, 9.17) is 0 Å². The molecule has 0 aromatic carbocycles. The van der Waals surface area contributed by atoms with Crippen molar-refractivity contribution < 1.29 is 5.11 Å². The summed E-state index contributed by atoms with van der Waals surface area (Å²) in [7, 11) is 0. The van der Waals surface area contributed by atoms with Gasteiger partial charge in [-0.05, 0) is 32.4 Å². The largest absolute Gasteiger partial charge is 0.390 e. The number of hydrogen-bond acceptors (Lipinski definition) is 5. The van der Waals surface area contributed by atoms with Gasteiger partial charge in [-0.3, -0.25) is 9.21 Å². The Kier molecular flexibility index (Phi) is 4.92. The fourth-order valence-corrected chi connectivity index (χ4v) is 7.71. The Bertz CT molecular complexity index is 504. The van der Waals surface area contributed by atoms with Gasteiger partial charge in [0.1, 0.15) is 0 Å². The quantitative estimate of drug-likeness (QED) is 0.517. The molecule has 3 aliphatic heterocycles. The molecule has 0 aromatic heterocycles. The molecule has 4 rings (SSSR count). The molecule has 3 N–H and O–H groups in total. The summed E-state index contributed by atoms with van der Waals surface area (Å²) in [6, 6.07) is 2.81. The van der Waals surface area contributed by atoms with Crippen LogP contribution in [0.4, 0.5) is 0 Å². The zero-order valence-electron chi connectivity index (χ0n) is 16.6. The lowest BCUT2D eigenvalue weighted by Gasteiger charge is -2.32. The van der Waals surface area contributed by atoms with Crippen LogP contribution in [-0.2, 0) is 0 Å². The van der Waals surface area contributed by atoms with Gasteiger partial charge in [-0.15, -0.1) is 0 Å². The van der Waals surface area contributed by atoms with Gasteiger partial charge in [-0.2, -0.15) is 0 Å². The molecule has 6 heteroatoms. The van der Waals surface area contributed by atoms with Crippen LogP contribution >= 0.6 is 11.1 Å². The monoisotopic (exact) mass is 370 g/mol. The van der Waals surface area contributed by atoms with E-state index in [1.165, 1.54) is 25.3 Å². The normalized spacial score (nSPS) is 46.1. The number of nitrogens with zero attached hydrogens (tertiary/aromatic N) is 2. The molecule has 7 atom stereocenters. The van der Waals surface area contributed by atoms with Gasteiger partial charge < -0.3 is 15.7 Å². The molecule has 0 amide bonds. The third-order valence-corrected chi connectivity index (χ3v) is 9.39. The van der Waals surface area contributed by atoms with E-state index in [0.717, 1.165) is 25.0 Å². The number of β-amino-alcohol motifs (C(OH)–C–C–N with tert-alkyl or cyclic N) is 1. The molecule has 1 aliphatic carbocycles. The molecule has 3 saturated heterocycles. The van der Waals surface area contributed by atoms with E-state index in [1.54, 1.807) is 0 Å². The highest BCUT2D eigenvalue weighted by atomic mass is 32.2. The molecule has 0 bridgehead atoms. The summed E-state index contributed by atoms with van der Waals surface area (Å²) in [6.45, 7) is 13.4. The maximum Gasteiger partial charge on any atom is 0.0841 e. The number of aliphatic hydroxyl groups excluding tert-OH is 1. The van der Waals surface area contributed by atoms with Crippen molar-refractivity contribution in [2.24, 2.45) is 11.3 Å². The van der Waals surface area contributed by atoms with Crippen molar-refractivity contribution in [2.45, 2.75) is 70.4 Å². The van der Waals surface area contributed by atoms with Crippen LogP contribution in [0.2, 0.25) is 0 Å². The second-order valence-corrected chi connectivity index (χ2v) is 11.8. The molecule has 4 aliphatic rings. The van der Waals surface area contributed by atoms with Crippen LogP contribution in [0, 0.1) is 11.3 Å². The molecule has 0 aromatic rings. The van der Waals surface area contributed by atoms with E-state index in [1.807, 2.05) is 0 Å². The van der Waals surface area contributed by atoms with Gasteiger partial charge in [-0.25, -0.2) is 11.1 Å². The summed E-state index contributed by atoms with van der Waals surface area (Å²) in [4.78, 5) is 2.67. The average Bonchev–Trinajstić information content (AvgIpc) is 2.79. The van der Waals surface area contributed by atoms with Crippen LogP contribution in [0.1, 0.15) is 34.1 Å². The van der Waals surface area contributed by atoms with E-state index in [-0.39, 0.29) is 23.2 Å². The van der Waals surface area contributed by atoms with Gasteiger partial charge in [0.25, 0.3) is 0 Å². The third-order valence-electron chi connectivity index (χ3n) is 7.18. The standard InChI is InChI=1S/C19H38N4OS/c1-12(2)20-15-7-23(8-17(15)24)25(5)10-16-14-6-19(14)11-22(13(3)4)9-18(19)21-16/h12-18,20-21,24-25H,6-11H2,1-5H3. The zero-order valence-corrected chi connectivity index (χ0v) is 17.5. The highest BCUT2D eigenvalue weighted by Gasteiger charge is 2.69. The number of nitrogens with one attached hydrogen (secondary N) is 2. The molecule has 146 valence electrons. The fraction of sp³-hybridized carbons (Fsp3) is 1.00. The van der Waals surface area contributed by atoms with Crippen LogP contribution < -0.4 is 10.6 Å². The first kappa shape index (κ1) is 18.5. The highest BCUT2D eigenvalue weighted by Crippen LogP contribution is 2.64. The maximum absolute atomic E-state index is 10.4. The summed E-state index contributed by atoms with van der Waals surface area (Å²) in [5.41, 5.74) is 0.608. The van der Waals surface area contributed by atoms with Crippen molar-refractivity contribution in [2.75, 3.05) is 38.2 Å². The summed E-state index contributed by atoms with van der Waals surface area (Å²) >= 11 is -0.160. The number of thiol groups is 1. The molecule has 5 nitrogen and oxygen atoms in total. The van der Waals surface area contributed by atoms with Crippen LogP contribution in [0.5, 0.6) is 0 Å². The third kappa shape index (κ3) is 3.27. The summed E-state index contributed by atoms with van der Waals surface area (Å²) < 4.78 is 2.56. The molecular formula is C19H38N4OS. The van der Waals surface area contributed by atoms with Gasteiger partial charge in [0.15, 0.2) is 0 Å². The van der Waals surface area contributed by atoms with Gasteiger partial charge >= 0.3 is 0 Å². The molecule has 0 radical (unpaired) electrons. The number of hydrogen-bond donors (Lipinski definition) is 4. The maximum atomic E-state index is 10.4. The van der Waals surface area contributed by atoms with E-state index >= 15 is 0 Å². The molecule has 4 fully saturated rings. The van der Waals surface area contributed by atoms with E-state index in [2.05, 4.69) is 53.8 Å². The lowest BCUT2D eigenvalue weighted by molar-refractivity contribution is 0.156. The Hall–Kier alpha value is 0.150. The first-order valence-corrected chi connectivity index (χ1v) is 12.1. The van der Waals surface area contributed by atoms with Gasteiger partial charge in [0.2, 0.25) is 0 Å². The topological polar surface area (TPSA) is 50.8 Å². The average molecular weight is 371 g/mol. The van der Waals surface area contributed by atoms with E-state index < -0.39 is 0 Å². The number of piperidine rings is 1. The van der Waals surface area contributed by atoms with Crippen molar-refractivity contribution in [1.82, 2.24) is 19.8 Å². The summed E-state index contributed by atoms with van der Waals surface area (Å²) in [6.07, 6.45) is 3.66. The zero-order chi connectivity index (χ0) is 17.9. The Morgan fingerprint density at radius 3 is 2.64 bits per heavy atom. The summed E-state index contributed by atoms with van der Waals surface area (Å²) in [5, 5.41) is 17.9. The minimum absolute atomic E-state index is 0.160. The van der Waals surface area contributed by atoms with Crippen LogP contribution in [0.3, 0.4) is 0 Å². The van der Waals surface area contributed by atoms with Crippen molar-refractivity contribution in [3.05, 3.63) is 0 Å². The smallest absolute Gasteiger partial charge is 0.0841 e. The van der Waals surface area contributed by atoms with Crippen LogP contribution in [0.15, 0.2) is 0 Å². The minimum atomic E-state index is -0.213. The molecular weight excluding hydrogens is 332 g/mol. The molecule has 3 heterocycles. The van der Waals surface area contributed by atoms with E-state index in [9.17, 15) is 5.11 Å². The van der Waals surface area contributed by atoms with Crippen LogP contribution in [-0.4, -0.2) is 88.8 Å². The number of rotatable bonds is 6. The SMILES string of the molecule is CC(C)NC1CN([SH](C)CC2NC3CN(C(C)C)CC34CC24)CC1O. The van der Waals surface area contributed by atoms with Crippen molar-refractivity contribution >= 4 is 11.1 Å². The van der Waals surface area contributed by atoms with Crippen molar-refractivity contribution in [1.29, 1.82) is 0 Å². The first-order valence-electron chi connectivity index (χ1n) is 10.2. The lowest BCUT2D eigenvalue weighted by Crippen LogP contribution is -2.43. The molecule has 1 spiro atoms. The van der Waals surface area contributed by atoms with Crippen molar-refractivity contribution in [3.63, 3.8) is 0 Å². The Labute approximate surface area is 156 Å². The van der Waals surface area contributed by atoms with Crippen LogP contribution in [0.25, 0.3) is 0 Å². The van der Waals surface area contributed by atoms with Gasteiger partial charge in [0.05, 0.1) is 6.10 Å². The second kappa shape index (κ2) is 6.64. The highest BCUT2D eigenvalue weighted by molar-refractivity contribution is 8.14. The Balaban J connectivity index is 1.30. The number of likely N-dealkylation sites (tertiary alicyclic amines) is 1. The number of aliphatic hydroxyl groups is 1. The predicted octanol–water partition coefficient (Wildman–Crippen LogP) is 0.646. The minimum Gasteiger partial charge on any atom is -0.390 e. The molecule has 1 saturated carbocycles. The van der Waals surface area contributed by atoms with Crippen molar-refractivity contribution in [3.8, 4) is 0 Å². The predicted molar refractivity (Wildman–Crippen MR) is 107 cm³/mol. The summed E-state index contributed by atoms with van der Waals surface area (Å²) in [5.74, 6) is 2.20. The molecule has 7 unspecified atom stereocenters. The Morgan fingerprint density at radius 2 is 2.00 bits per heavy atom. The second-order valence-electron chi connectivity index (χ2n) is 9.60. The lowest BCUT2D eigenvalue weighted by atomic mass is 10.0.